The van der Waals surface area contributed by atoms with Gasteiger partial charge in [-0.05, 0) is 19.8 Å². The summed E-state index contributed by atoms with van der Waals surface area (Å²) in [6.45, 7) is 7.03. The van der Waals surface area contributed by atoms with Crippen LogP contribution >= 0.6 is 0 Å². The number of sulfonamides is 1. The second kappa shape index (κ2) is 7.89. The van der Waals surface area contributed by atoms with Crippen LogP contribution in [-0.4, -0.2) is 39.4 Å². The summed E-state index contributed by atoms with van der Waals surface area (Å²) in [5.74, 6) is 0.0136. The first-order valence-electron chi connectivity index (χ1n) is 7.48. The lowest BCUT2D eigenvalue weighted by atomic mass is 10.3. The van der Waals surface area contributed by atoms with E-state index in [1.807, 2.05) is 37.1 Å². The van der Waals surface area contributed by atoms with Crippen molar-refractivity contribution in [2.24, 2.45) is 0 Å². The highest BCUT2D eigenvalue weighted by atomic mass is 32.2. The normalized spacial score (nSPS) is 15.1. The average molecular weight is 315 g/mol. The standard InChI is InChI=1S/C15H27N2O3S/c1-5-13-16(14-6-2)17(20-4,21(18,19)7-3)15-11-9-8-10-12-15/h8-12H,5-7,13-14H2,1-4H3/q+1. The summed E-state index contributed by atoms with van der Waals surface area (Å²) in [6, 6.07) is 9.14. The van der Waals surface area contributed by atoms with Crippen LogP contribution in [0.3, 0.4) is 0 Å². The molecule has 0 spiro atoms. The van der Waals surface area contributed by atoms with Crippen LogP contribution < -0.4 is 4.16 Å². The van der Waals surface area contributed by atoms with Crippen molar-refractivity contribution in [1.82, 2.24) is 9.17 Å². The SMILES string of the molecule is CCCN(CCC)[N+](OC)(c1ccccc1)S(=O)(=O)CC. The molecule has 21 heavy (non-hydrogen) atoms. The molecule has 120 valence electrons. The van der Waals surface area contributed by atoms with Crippen molar-refractivity contribution >= 4 is 15.7 Å². The fraction of sp³-hybridized carbons (Fsp3) is 0.600. The molecule has 0 bridgehead atoms. The molecule has 0 saturated carbocycles. The maximum Gasteiger partial charge on any atom is 0.350 e. The van der Waals surface area contributed by atoms with Gasteiger partial charge in [-0.3, -0.25) is 0 Å². The molecule has 0 amide bonds. The van der Waals surface area contributed by atoms with Crippen molar-refractivity contribution in [3.8, 4) is 0 Å². The van der Waals surface area contributed by atoms with Gasteiger partial charge in [-0.15, -0.1) is 5.01 Å². The van der Waals surface area contributed by atoms with Crippen LogP contribution in [-0.2, 0) is 14.9 Å². The van der Waals surface area contributed by atoms with Gasteiger partial charge in [0.2, 0.25) is 5.69 Å². The Balaban J connectivity index is 3.53. The first-order valence-corrected chi connectivity index (χ1v) is 9.09. The minimum absolute atomic E-state index is 0.0136. The van der Waals surface area contributed by atoms with Gasteiger partial charge < -0.3 is 0 Å². The van der Waals surface area contributed by atoms with Gasteiger partial charge in [-0.25, -0.2) is 0 Å². The largest absolute Gasteiger partial charge is 0.350 e. The van der Waals surface area contributed by atoms with Crippen molar-refractivity contribution in [3.63, 3.8) is 0 Å². The summed E-state index contributed by atoms with van der Waals surface area (Å²) in [6.07, 6.45) is 1.71. The summed E-state index contributed by atoms with van der Waals surface area (Å²) in [5.41, 5.74) is 0.615. The maximum atomic E-state index is 12.8. The quantitative estimate of drug-likeness (QED) is 0.519. The van der Waals surface area contributed by atoms with Gasteiger partial charge in [-0.2, -0.15) is 13.3 Å². The molecule has 1 rings (SSSR count). The highest BCUT2D eigenvalue weighted by molar-refractivity contribution is 7.90. The van der Waals surface area contributed by atoms with Crippen LogP contribution in [0.1, 0.15) is 33.6 Å². The molecule has 0 aliphatic rings. The average Bonchev–Trinajstić information content (AvgIpc) is 2.50. The van der Waals surface area contributed by atoms with Gasteiger partial charge >= 0.3 is 10.0 Å². The Morgan fingerprint density at radius 1 is 1.05 bits per heavy atom. The van der Waals surface area contributed by atoms with Crippen molar-refractivity contribution in [3.05, 3.63) is 30.3 Å². The minimum atomic E-state index is -3.53. The van der Waals surface area contributed by atoms with E-state index in [0.717, 1.165) is 12.8 Å². The fourth-order valence-corrected chi connectivity index (χ4v) is 4.05. The van der Waals surface area contributed by atoms with Gasteiger partial charge in [-0.1, -0.05) is 32.0 Å². The number of nitrogens with zero attached hydrogens (tertiary/aromatic N) is 2. The van der Waals surface area contributed by atoms with Crippen LogP contribution in [0.4, 0.5) is 5.69 Å². The fourth-order valence-electron chi connectivity index (χ4n) is 2.52. The lowest BCUT2D eigenvalue weighted by Crippen LogP contribution is -2.65. The molecule has 1 aromatic rings. The summed E-state index contributed by atoms with van der Waals surface area (Å²) >= 11 is 0. The Bertz CT molecular complexity index is 513. The molecule has 0 aromatic heterocycles. The van der Waals surface area contributed by atoms with E-state index in [9.17, 15) is 8.42 Å². The summed E-state index contributed by atoms with van der Waals surface area (Å²) in [4.78, 5) is 5.62. The van der Waals surface area contributed by atoms with Crippen LogP contribution in [0.5, 0.6) is 0 Å². The molecule has 0 heterocycles. The summed E-state index contributed by atoms with van der Waals surface area (Å²) in [5, 5.41) is 1.88. The third kappa shape index (κ3) is 3.45. The van der Waals surface area contributed by atoms with Gasteiger partial charge in [0.25, 0.3) is 0 Å². The number of hydrogen-bond acceptors (Lipinski definition) is 4. The molecule has 1 unspecified atom stereocenters. The van der Waals surface area contributed by atoms with Crippen LogP contribution in [0.25, 0.3) is 0 Å². The first-order chi connectivity index (χ1) is 10.00. The summed E-state index contributed by atoms with van der Waals surface area (Å²) < 4.78 is 25.1. The first kappa shape index (κ1) is 18.1. The van der Waals surface area contributed by atoms with Crippen molar-refractivity contribution < 1.29 is 13.3 Å². The molecule has 0 fully saturated rings. The predicted molar refractivity (Wildman–Crippen MR) is 86.9 cm³/mol. The zero-order valence-corrected chi connectivity index (χ0v) is 14.3. The molecular formula is C15H27N2O3S+. The molecule has 0 radical (unpaired) electrons. The lowest BCUT2D eigenvalue weighted by molar-refractivity contribution is -0.183. The maximum absolute atomic E-state index is 12.8. The van der Waals surface area contributed by atoms with Crippen LogP contribution in [0, 0.1) is 0 Å². The van der Waals surface area contributed by atoms with Crippen LogP contribution in [0.15, 0.2) is 30.3 Å². The zero-order valence-electron chi connectivity index (χ0n) is 13.4. The molecule has 0 saturated heterocycles. The molecule has 1 aromatic carbocycles. The Labute approximate surface area is 128 Å². The van der Waals surface area contributed by atoms with E-state index in [0.29, 0.717) is 18.8 Å². The minimum Gasteiger partial charge on any atom is -0.168 e. The van der Waals surface area contributed by atoms with Crippen LogP contribution in [0.2, 0.25) is 0 Å². The highest BCUT2D eigenvalue weighted by Crippen LogP contribution is 2.31. The second-order valence-corrected chi connectivity index (χ2v) is 7.10. The van der Waals surface area contributed by atoms with E-state index >= 15 is 0 Å². The Morgan fingerprint density at radius 3 is 1.95 bits per heavy atom. The summed E-state index contributed by atoms with van der Waals surface area (Å²) in [7, 11) is -2.07. The van der Waals surface area contributed by atoms with Gasteiger partial charge in [0.05, 0.1) is 13.1 Å². The van der Waals surface area contributed by atoms with E-state index < -0.39 is 14.2 Å². The van der Waals surface area contributed by atoms with Crippen molar-refractivity contribution in [2.75, 3.05) is 26.0 Å². The van der Waals surface area contributed by atoms with E-state index in [1.165, 1.54) is 7.11 Å². The third-order valence-electron chi connectivity index (χ3n) is 3.41. The Kier molecular flexibility index (Phi) is 6.80. The smallest absolute Gasteiger partial charge is 0.168 e. The topological polar surface area (TPSA) is 46.6 Å². The molecule has 0 aliphatic carbocycles. The number of quaternary nitrogens is 1. The molecular weight excluding hydrogens is 288 g/mol. The molecule has 6 heteroatoms. The van der Waals surface area contributed by atoms with E-state index in [-0.39, 0.29) is 5.75 Å². The molecule has 0 N–H and O–H groups in total. The second-order valence-electron chi connectivity index (χ2n) is 4.86. The predicted octanol–water partition coefficient (Wildman–Crippen LogP) is 2.94. The van der Waals surface area contributed by atoms with Crippen molar-refractivity contribution in [2.45, 2.75) is 33.6 Å². The van der Waals surface area contributed by atoms with Crippen molar-refractivity contribution in [1.29, 1.82) is 0 Å². The highest BCUT2D eigenvalue weighted by Gasteiger charge is 2.50. The number of hydrogen-bond donors (Lipinski definition) is 0. The van der Waals surface area contributed by atoms with Gasteiger partial charge in [0.15, 0.2) is 0 Å². The van der Waals surface area contributed by atoms with Gasteiger partial charge in [0, 0.05) is 16.3 Å². The number of rotatable bonds is 9. The van der Waals surface area contributed by atoms with E-state index in [2.05, 4.69) is 0 Å². The third-order valence-corrected chi connectivity index (χ3v) is 5.48. The Hall–Kier alpha value is -0.950. The van der Waals surface area contributed by atoms with E-state index in [1.54, 1.807) is 19.1 Å². The monoisotopic (exact) mass is 315 g/mol. The zero-order chi connectivity index (χ0) is 15.9. The lowest BCUT2D eigenvalue weighted by Gasteiger charge is -2.39. The van der Waals surface area contributed by atoms with E-state index in [4.69, 9.17) is 4.84 Å². The molecule has 0 aliphatic heterocycles. The molecule has 1 atom stereocenters. The Morgan fingerprint density at radius 2 is 1.57 bits per heavy atom. The van der Waals surface area contributed by atoms with Gasteiger partial charge in [0.1, 0.15) is 12.9 Å². The molecule has 5 nitrogen and oxygen atoms in total. The number of benzene rings is 1.